The van der Waals surface area contributed by atoms with Crippen molar-refractivity contribution >= 4 is 64.2 Å². The zero-order valence-electron chi connectivity index (χ0n) is 20.3. The number of thiazole rings is 1. The van der Waals surface area contributed by atoms with Gasteiger partial charge in [0.15, 0.2) is 4.34 Å². The first kappa shape index (κ1) is 26.9. The molecule has 1 N–H and O–H groups in total. The molecule has 0 bridgehead atoms. The summed E-state index contributed by atoms with van der Waals surface area (Å²) in [6.45, 7) is 2.71. The topological polar surface area (TPSA) is 60.8 Å². The Bertz CT molecular complexity index is 1190. The number of amides is 1. The van der Waals surface area contributed by atoms with E-state index in [4.69, 9.17) is 28.2 Å². The molecule has 3 aromatic rings. The zero-order valence-corrected chi connectivity index (χ0v) is 23.4. The van der Waals surface area contributed by atoms with E-state index in [1.54, 1.807) is 17.7 Å². The van der Waals surface area contributed by atoms with Gasteiger partial charge >= 0.3 is 0 Å². The van der Waals surface area contributed by atoms with E-state index in [1.807, 2.05) is 66.8 Å². The predicted molar refractivity (Wildman–Crippen MR) is 153 cm³/mol. The summed E-state index contributed by atoms with van der Waals surface area (Å²) < 4.78 is 0.895. The van der Waals surface area contributed by atoms with Crippen LogP contribution in [0.1, 0.15) is 18.4 Å². The molecular formula is C26H29Cl2N5OS2. The van der Waals surface area contributed by atoms with Gasteiger partial charge in [0.1, 0.15) is 0 Å². The molecule has 1 fully saturated rings. The van der Waals surface area contributed by atoms with Crippen molar-refractivity contribution in [3.8, 4) is 11.3 Å². The summed E-state index contributed by atoms with van der Waals surface area (Å²) in [5.74, 6) is 0.428. The van der Waals surface area contributed by atoms with Gasteiger partial charge in [0, 0.05) is 50.7 Å². The largest absolute Gasteiger partial charge is 0.369 e. The number of nitrogens with zero attached hydrogens (tertiary/aromatic N) is 4. The van der Waals surface area contributed by atoms with Crippen LogP contribution in [0.5, 0.6) is 0 Å². The number of halogens is 2. The van der Waals surface area contributed by atoms with Crippen LogP contribution < -0.4 is 5.32 Å². The monoisotopic (exact) mass is 561 g/mol. The van der Waals surface area contributed by atoms with Crippen LogP contribution in [0, 0.1) is 0 Å². The Labute approximate surface area is 230 Å². The maximum absolute atomic E-state index is 12.5. The Hall–Kier alpha value is -2.10. The summed E-state index contributed by atoms with van der Waals surface area (Å²) in [5.41, 5.74) is 4.01. The molecule has 2 aromatic carbocycles. The lowest BCUT2D eigenvalue weighted by molar-refractivity contribution is -0.119. The Morgan fingerprint density at radius 3 is 2.64 bits per heavy atom. The zero-order chi connectivity index (χ0) is 25.5. The van der Waals surface area contributed by atoms with E-state index in [9.17, 15) is 4.79 Å². The van der Waals surface area contributed by atoms with Gasteiger partial charge in [-0.3, -0.25) is 9.69 Å². The van der Waals surface area contributed by atoms with Gasteiger partial charge in [-0.05, 0) is 42.7 Å². The number of hydrogen-bond donors (Lipinski definition) is 1. The van der Waals surface area contributed by atoms with Gasteiger partial charge in [0.25, 0.3) is 0 Å². The maximum Gasteiger partial charge on any atom is 0.230 e. The number of aliphatic imine (C=N–C) groups is 1. The molecule has 1 aliphatic rings. The number of likely N-dealkylation sites (tertiary alicyclic amines) is 1. The number of carbonyl (C=O) groups excluding carboxylic acids is 1. The molecule has 0 spiro atoms. The molecule has 6 nitrogen and oxygen atoms in total. The first-order valence-electron chi connectivity index (χ1n) is 11.7. The number of rotatable bonds is 9. The van der Waals surface area contributed by atoms with Crippen molar-refractivity contribution < 1.29 is 4.79 Å². The first-order chi connectivity index (χ1) is 17.4. The molecule has 1 aromatic heterocycles. The normalized spacial score (nSPS) is 14.9. The second-order valence-corrected chi connectivity index (χ2v) is 11.8. The summed E-state index contributed by atoms with van der Waals surface area (Å²) in [6, 6.07) is 14.0. The molecular weight excluding hydrogens is 533 g/mol. The molecule has 0 unspecified atom stereocenters. The number of nitrogens with one attached hydrogen (secondary N) is 1. The molecule has 0 saturated carbocycles. The van der Waals surface area contributed by atoms with Crippen LogP contribution in [0.3, 0.4) is 0 Å². The molecule has 1 amide bonds. The smallest absolute Gasteiger partial charge is 0.230 e. The van der Waals surface area contributed by atoms with Crippen LogP contribution in [0.4, 0.5) is 5.69 Å². The SMILES string of the molecule is CN(C)/C=N/c1ccc(-c2csc(SCC(=O)NC3CCN(Cc4ccc(Cl)c(Cl)c4)CC3)n2)cc1. The van der Waals surface area contributed by atoms with Crippen molar-refractivity contribution in [3.05, 3.63) is 63.5 Å². The van der Waals surface area contributed by atoms with Crippen molar-refractivity contribution in [2.24, 2.45) is 4.99 Å². The Balaban J connectivity index is 1.19. The molecule has 4 rings (SSSR count). The first-order valence-corrected chi connectivity index (χ1v) is 14.3. The third-order valence-corrected chi connectivity index (χ3v) is 8.51. The van der Waals surface area contributed by atoms with Gasteiger partial charge in [0.2, 0.25) is 5.91 Å². The van der Waals surface area contributed by atoms with Crippen LogP contribution in [0.2, 0.25) is 10.0 Å². The van der Waals surface area contributed by atoms with Crippen LogP contribution in [-0.4, -0.2) is 66.0 Å². The molecule has 1 saturated heterocycles. The fourth-order valence-corrected chi connectivity index (χ4v) is 5.85. The van der Waals surface area contributed by atoms with Crippen molar-refractivity contribution in [1.82, 2.24) is 20.1 Å². The average molecular weight is 563 g/mol. The standard InChI is InChI=1S/C26H29Cl2N5OS2/c1-32(2)17-29-20-6-4-19(5-7-20)24-15-35-26(31-24)36-16-25(34)30-21-9-11-33(12-10-21)14-18-3-8-22(27)23(28)13-18/h3-8,13,15,17,21H,9-12,14,16H2,1-2H3,(H,30,34)/b29-17+. The number of piperidine rings is 1. The van der Waals surface area contributed by atoms with E-state index in [0.717, 1.165) is 59.3 Å². The predicted octanol–water partition coefficient (Wildman–Crippen LogP) is 6.21. The van der Waals surface area contributed by atoms with Crippen molar-refractivity contribution in [1.29, 1.82) is 0 Å². The molecule has 1 aliphatic heterocycles. The van der Waals surface area contributed by atoms with E-state index < -0.39 is 0 Å². The number of benzene rings is 2. The molecule has 0 aliphatic carbocycles. The lowest BCUT2D eigenvalue weighted by Crippen LogP contribution is -2.44. The second-order valence-electron chi connectivity index (χ2n) is 8.91. The van der Waals surface area contributed by atoms with Gasteiger partial charge < -0.3 is 10.2 Å². The number of hydrogen-bond acceptors (Lipinski definition) is 6. The van der Waals surface area contributed by atoms with E-state index in [2.05, 4.69) is 15.2 Å². The molecule has 36 heavy (non-hydrogen) atoms. The highest BCUT2D eigenvalue weighted by atomic mass is 35.5. The minimum absolute atomic E-state index is 0.0581. The Morgan fingerprint density at radius 2 is 1.94 bits per heavy atom. The van der Waals surface area contributed by atoms with Gasteiger partial charge in [-0.1, -0.05) is 53.2 Å². The highest BCUT2D eigenvalue weighted by Gasteiger charge is 2.21. The lowest BCUT2D eigenvalue weighted by Gasteiger charge is -2.32. The van der Waals surface area contributed by atoms with E-state index in [-0.39, 0.29) is 11.9 Å². The van der Waals surface area contributed by atoms with Gasteiger partial charge in [-0.15, -0.1) is 11.3 Å². The van der Waals surface area contributed by atoms with E-state index in [0.29, 0.717) is 15.8 Å². The van der Waals surface area contributed by atoms with Gasteiger partial charge in [-0.2, -0.15) is 0 Å². The van der Waals surface area contributed by atoms with Crippen LogP contribution >= 0.6 is 46.3 Å². The summed E-state index contributed by atoms with van der Waals surface area (Å²) in [5, 5.41) is 6.38. The molecule has 0 radical (unpaired) electrons. The van der Waals surface area contributed by atoms with Crippen molar-refractivity contribution in [3.63, 3.8) is 0 Å². The maximum atomic E-state index is 12.5. The number of carbonyl (C=O) groups is 1. The second kappa shape index (κ2) is 12.9. The lowest BCUT2D eigenvalue weighted by atomic mass is 10.0. The highest BCUT2D eigenvalue weighted by molar-refractivity contribution is 8.01. The van der Waals surface area contributed by atoms with Crippen LogP contribution in [0.25, 0.3) is 11.3 Å². The quantitative estimate of drug-likeness (QED) is 0.191. The summed E-state index contributed by atoms with van der Waals surface area (Å²) in [7, 11) is 3.88. The van der Waals surface area contributed by atoms with Crippen LogP contribution in [-0.2, 0) is 11.3 Å². The summed E-state index contributed by atoms with van der Waals surface area (Å²) >= 11 is 15.2. The van der Waals surface area contributed by atoms with Gasteiger partial charge in [-0.25, -0.2) is 9.98 Å². The third kappa shape index (κ3) is 7.95. The van der Waals surface area contributed by atoms with Gasteiger partial charge in [0.05, 0.1) is 33.5 Å². The Morgan fingerprint density at radius 1 is 1.19 bits per heavy atom. The average Bonchev–Trinajstić information content (AvgIpc) is 3.34. The van der Waals surface area contributed by atoms with E-state index >= 15 is 0 Å². The molecule has 2 heterocycles. The minimum atomic E-state index is 0.0581. The number of thioether (sulfide) groups is 1. The fraction of sp³-hybridized carbons (Fsp3) is 0.346. The minimum Gasteiger partial charge on any atom is -0.369 e. The third-order valence-electron chi connectivity index (χ3n) is 5.75. The highest BCUT2D eigenvalue weighted by Crippen LogP contribution is 2.29. The van der Waals surface area contributed by atoms with Crippen molar-refractivity contribution in [2.75, 3.05) is 32.9 Å². The summed E-state index contributed by atoms with van der Waals surface area (Å²) in [6.07, 6.45) is 3.65. The van der Waals surface area contributed by atoms with Crippen LogP contribution in [0.15, 0.2) is 57.2 Å². The number of aromatic nitrogens is 1. The molecule has 190 valence electrons. The molecule has 0 atom stereocenters. The Kier molecular flexibility index (Phi) is 9.67. The van der Waals surface area contributed by atoms with E-state index in [1.165, 1.54) is 11.8 Å². The summed E-state index contributed by atoms with van der Waals surface area (Å²) in [4.78, 5) is 25.9. The fourth-order valence-electron chi connectivity index (χ4n) is 3.88. The molecule has 10 heteroatoms. The van der Waals surface area contributed by atoms with Crippen molar-refractivity contribution in [2.45, 2.75) is 29.8 Å².